The van der Waals surface area contributed by atoms with Gasteiger partial charge in [-0.25, -0.2) is 8.42 Å². The van der Waals surface area contributed by atoms with Crippen LogP contribution in [0.1, 0.15) is 64.0 Å². The summed E-state index contributed by atoms with van der Waals surface area (Å²) in [7, 11) is -6.01. The van der Waals surface area contributed by atoms with Crippen molar-refractivity contribution in [2.24, 2.45) is 0 Å². The van der Waals surface area contributed by atoms with Gasteiger partial charge in [0, 0.05) is 67.6 Å². The van der Waals surface area contributed by atoms with Crippen molar-refractivity contribution in [3.63, 3.8) is 0 Å². The summed E-state index contributed by atoms with van der Waals surface area (Å²) in [5.74, 6) is -0.858. The zero-order chi connectivity index (χ0) is 36.6. The molecule has 0 amide bonds. The van der Waals surface area contributed by atoms with E-state index < -0.39 is 37.0 Å². The van der Waals surface area contributed by atoms with Gasteiger partial charge in [0.05, 0.1) is 16.4 Å². The van der Waals surface area contributed by atoms with Gasteiger partial charge in [0.2, 0.25) is 0 Å². The van der Waals surface area contributed by atoms with Gasteiger partial charge in [0.1, 0.15) is 22.4 Å². The number of nitrogens with zero attached hydrogens (tertiary/aromatic N) is 1. The van der Waals surface area contributed by atoms with E-state index >= 15 is 0 Å². The molecule has 0 saturated heterocycles. The Labute approximate surface area is 290 Å². The van der Waals surface area contributed by atoms with Crippen LogP contribution in [0.3, 0.4) is 0 Å². The number of ether oxygens (including phenoxy) is 2. The maximum atomic E-state index is 12.0. The number of methoxy groups -OCH3 is 2. The lowest BCUT2D eigenvalue weighted by atomic mass is 9.77. The molecule has 1 unspecified atom stereocenters. The maximum Gasteiger partial charge on any atom is 0.303 e. The van der Waals surface area contributed by atoms with Crippen molar-refractivity contribution in [1.82, 2.24) is 0 Å². The average Bonchev–Trinajstić information content (AvgIpc) is 3.25. The lowest BCUT2D eigenvalue weighted by Crippen LogP contribution is -2.79. The molecular weight excluding hydrogens is 673 g/mol. The molecular formula is C35H48N2O10S2. The summed E-state index contributed by atoms with van der Waals surface area (Å²) in [5, 5.41) is 11.0. The highest BCUT2D eigenvalue weighted by molar-refractivity contribution is 7.86. The third-order valence-electron chi connectivity index (χ3n) is 9.11. The Morgan fingerprint density at radius 2 is 1.71 bits per heavy atom. The molecule has 3 rings (SSSR count). The first-order valence-corrected chi connectivity index (χ1v) is 18.8. The Hall–Kier alpha value is -3.37. The second kappa shape index (κ2) is 16.6. The second-order valence-electron chi connectivity index (χ2n) is 12.8. The van der Waals surface area contributed by atoms with Crippen LogP contribution in [0.2, 0.25) is 0 Å². The second-order valence-corrected chi connectivity index (χ2v) is 15.6. The standard InChI is InChI=1S/C35H48N2O10S2/c1-25(34(2,3)28-23-26(48(40,41)42)14-16-30(28)36-19-22-47-6)11-10-12-32-35(4,18-21-46-5)29-24-27(49(43,44)45)15-17-31(29)37(32)20-9-7-8-13-33(38)39/h10-12,14-17,23-24,36H,1,7-9,13,18-22H2,2-6H3,(H,38,39)(H,40,41,42)(H,43,44,45)/b11-10+,32-12+. The molecule has 4 N–H and O–H groups in total. The van der Waals surface area contributed by atoms with Crippen LogP contribution in [-0.4, -0.2) is 77.5 Å². The highest BCUT2D eigenvalue weighted by Crippen LogP contribution is 2.51. The number of benzene rings is 2. The molecule has 0 fully saturated rings. The van der Waals surface area contributed by atoms with E-state index in [1.165, 1.54) is 24.3 Å². The summed E-state index contributed by atoms with van der Waals surface area (Å²) >= 11 is 0. The molecule has 2 aromatic rings. The minimum Gasteiger partial charge on any atom is -0.744 e. The zero-order valence-electron chi connectivity index (χ0n) is 28.8. The summed E-state index contributed by atoms with van der Waals surface area (Å²) in [5.41, 5.74) is 2.79. The highest BCUT2D eigenvalue weighted by atomic mass is 32.2. The lowest BCUT2D eigenvalue weighted by molar-refractivity contribution is -0.574. The van der Waals surface area contributed by atoms with Crippen molar-refractivity contribution in [1.29, 1.82) is 0 Å². The van der Waals surface area contributed by atoms with Crippen molar-refractivity contribution >= 4 is 37.6 Å². The van der Waals surface area contributed by atoms with E-state index in [2.05, 4.69) is 11.5 Å². The van der Waals surface area contributed by atoms with E-state index in [9.17, 15) is 30.7 Å². The molecule has 0 saturated carbocycles. The van der Waals surface area contributed by atoms with E-state index in [0.29, 0.717) is 68.7 Å². The number of rotatable bonds is 19. The van der Waals surface area contributed by atoms with Crippen molar-refractivity contribution in [2.45, 2.75) is 73.5 Å². The fourth-order valence-electron chi connectivity index (χ4n) is 6.10. The first-order chi connectivity index (χ1) is 22.9. The van der Waals surface area contributed by atoms with Crippen LogP contribution in [-0.2, 0) is 45.3 Å². The Morgan fingerprint density at radius 1 is 1.04 bits per heavy atom. The molecule has 0 aliphatic carbocycles. The Bertz CT molecular complexity index is 1800. The fourth-order valence-corrected chi connectivity index (χ4v) is 7.11. The molecule has 0 bridgehead atoms. The molecule has 1 heterocycles. The van der Waals surface area contributed by atoms with E-state index in [1.807, 2.05) is 44.3 Å². The van der Waals surface area contributed by atoms with Gasteiger partial charge < -0.3 is 29.3 Å². The number of quaternary nitrogens is 1. The molecule has 1 atom stereocenters. The lowest BCUT2D eigenvalue weighted by Gasteiger charge is -2.30. The van der Waals surface area contributed by atoms with Crippen LogP contribution >= 0.6 is 0 Å². The summed E-state index contributed by atoms with van der Waals surface area (Å²) in [6, 6.07) is 8.83. The quantitative estimate of drug-likeness (QED) is 0.0808. The summed E-state index contributed by atoms with van der Waals surface area (Å²) < 4.78 is 80.5. The minimum atomic E-state index is -4.72. The molecule has 270 valence electrons. The maximum absolute atomic E-state index is 12.0. The van der Waals surface area contributed by atoms with Gasteiger partial charge in [0.15, 0.2) is 0 Å². The zero-order valence-corrected chi connectivity index (χ0v) is 30.4. The molecule has 0 spiro atoms. The SMILES string of the molecule is C=C(/C=C/C=C1/N(CCCCCC(=O)O)c2ccc(S(=O)(=O)[O-])cc2C1(C)CCOC)C(C)(C)c1cc(S(=O)(=O)O)ccc1[NH2+]CCOC. The van der Waals surface area contributed by atoms with Gasteiger partial charge in [-0.1, -0.05) is 39.0 Å². The predicted octanol–water partition coefficient (Wildman–Crippen LogP) is 4.41. The summed E-state index contributed by atoms with van der Waals surface area (Å²) in [6.45, 7) is 12.0. The fraction of sp³-hybridized carbons (Fsp3) is 0.457. The van der Waals surface area contributed by atoms with Crippen molar-refractivity contribution in [3.05, 3.63) is 83.6 Å². The first kappa shape index (κ1) is 40.1. The Morgan fingerprint density at radius 3 is 2.33 bits per heavy atom. The van der Waals surface area contributed by atoms with E-state index in [4.69, 9.17) is 14.6 Å². The number of allylic oxidation sites excluding steroid dienone is 5. The molecule has 0 aromatic heterocycles. The van der Waals surface area contributed by atoms with Gasteiger partial charge in [-0.15, -0.1) is 0 Å². The molecule has 0 radical (unpaired) electrons. The van der Waals surface area contributed by atoms with Crippen molar-refractivity contribution < 1.29 is 50.6 Å². The molecule has 14 heteroatoms. The van der Waals surface area contributed by atoms with Crippen LogP contribution in [0.4, 0.5) is 11.4 Å². The number of carboxylic acid groups (broad SMARTS) is 1. The van der Waals surface area contributed by atoms with E-state index in [0.717, 1.165) is 17.1 Å². The number of aliphatic carboxylic acids is 1. The number of hydrogen-bond acceptors (Lipinski definition) is 9. The molecule has 1 aliphatic rings. The number of carbonyl (C=O) groups is 1. The molecule has 12 nitrogen and oxygen atoms in total. The topological polar surface area (TPSA) is 187 Å². The Balaban J connectivity index is 2.08. The third-order valence-corrected chi connectivity index (χ3v) is 10.8. The number of unbranched alkanes of at least 4 members (excludes halogenated alkanes) is 2. The smallest absolute Gasteiger partial charge is 0.303 e. The third kappa shape index (κ3) is 9.87. The van der Waals surface area contributed by atoms with E-state index in [-0.39, 0.29) is 16.2 Å². The van der Waals surface area contributed by atoms with Gasteiger partial charge >= 0.3 is 5.97 Å². The number of carboxylic acids is 1. The largest absolute Gasteiger partial charge is 0.744 e. The number of fused-ring (bicyclic) bond motifs is 1. The van der Waals surface area contributed by atoms with Crippen molar-refractivity contribution in [3.8, 4) is 0 Å². The Kier molecular flexibility index (Phi) is 13.5. The van der Waals surface area contributed by atoms with Gasteiger partial charge in [-0.2, -0.15) is 8.42 Å². The first-order valence-electron chi connectivity index (χ1n) is 16.0. The number of anilines is 1. The summed E-state index contributed by atoms with van der Waals surface area (Å²) in [6.07, 6.45) is 7.97. The molecule has 49 heavy (non-hydrogen) atoms. The highest BCUT2D eigenvalue weighted by Gasteiger charge is 2.43. The number of hydrogen-bond donors (Lipinski definition) is 3. The van der Waals surface area contributed by atoms with Gasteiger partial charge in [0.25, 0.3) is 10.1 Å². The monoisotopic (exact) mass is 720 g/mol. The molecule has 2 aromatic carbocycles. The average molecular weight is 721 g/mol. The summed E-state index contributed by atoms with van der Waals surface area (Å²) in [4.78, 5) is 12.6. The van der Waals surface area contributed by atoms with Crippen LogP contribution in [0.5, 0.6) is 0 Å². The van der Waals surface area contributed by atoms with Crippen LogP contribution in [0, 0.1) is 0 Å². The van der Waals surface area contributed by atoms with E-state index in [1.54, 1.807) is 26.4 Å². The van der Waals surface area contributed by atoms with Crippen molar-refractivity contribution in [2.75, 3.05) is 45.4 Å². The minimum absolute atomic E-state index is 0.0647. The predicted molar refractivity (Wildman–Crippen MR) is 186 cm³/mol. The molecule has 1 aliphatic heterocycles. The van der Waals surface area contributed by atoms with Crippen LogP contribution in [0.15, 0.2) is 82.3 Å². The van der Waals surface area contributed by atoms with Crippen LogP contribution in [0.25, 0.3) is 0 Å². The number of nitrogens with two attached hydrogens (primary N) is 1. The normalized spacial score (nSPS) is 17.6. The van der Waals surface area contributed by atoms with Gasteiger partial charge in [-0.3, -0.25) is 9.35 Å². The van der Waals surface area contributed by atoms with Gasteiger partial charge in [-0.05, 0) is 73.7 Å². The van der Waals surface area contributed by atoms with Crippen LogP contribution < -0.4 is 10.2 Å².